The Morgan fingerprint density at radius 3 is 2.57 bits per heavy atom. The zero-order chi connectivity index (χ0) is 26.4. The minimum atomic E-state index is -0.856. The van der Waals surface area contributed by atoms with E-state index < -0.39 is 5.54 Å². The molecule has 1 unspecified atom stereocenters. The summed E-state index contributed by atoms with van der Waals surface area (Å²) in [6.45, 7) is 6.27. The average Bonchev–Trinajstić information content (AvgIpc) is 3.13. The Balaban J connectivity index is 1.33. The molecule has 2 aliphatic rings. The van der Waals surface area contributed by atoms with E-state index in [0.717, 1.165) is 56.2 Å². The average molecular weight is 500 g/mol. The van der Waals surface area contributed by atoms with Gasteiger partial charge in [-0.25, -0.2) is 0 Å². The first-order valence-electron chi connectivity index (χ1n) is 13.9. The molecule has 2 atom stereocenters. The highest BCUT2D eigenvalue weighted by Gasteiger charge is 2.50. The number of amides is 2. The quantitative estimate of drug-likeness (QED) is 0.492. The molecule has 7 heteroatoms. The normalized spacial score (nSPS) is 21.2. The number of carbonyl (C=O) groups is 2. The highest BCUT2D eigenvalue weighted by Crippen LogP contribution is 2.35. The van der Waals surface area contributed by atoms with Gasteiger partial charge in [-0.2, -0.15) is 0 Å². The van der Waals surface area contributed by atoms with Crippen molar-refractivity contribution in [1.29, 1.82) is 5.41 Å². The molecule has 2 aromatic rings. The third kappa shape index (κ3) is 6.26. The zero-order valence-electron chi connectivity index (χ0n) is 22.6. The van der Waals surface area contributed by atoms with Crippen molar-refractivity contribution in [1.82, 2.24) is 15.1 Å². The van der Waals surface area contributed by atoms with Crippen molar-refractivity contribution < 1.29 is 9.59 Å². The summed E-state index contributed by atoms with van der Waals surface area (Å²) in [5.41, 5.74) is 2.48. The molecule has 2 amide bonds. The number of rotatable bonds is 10. The Morgan fingerprint density at radius 2 is 1.89 bits per heavy atom. The van der Waals surface area contributed by atoms with Crippen LogP contribution >= 0.6 is 0 Å². The molecular weight excluding hydrogens is 459 g/mol. The van der Waals surface area contributed by atoms with Gasteiger partial charge in [0.25, 0.3) is 5.91 Å². The fourth-order valence-electron chi connectivity index (χ4n) is 5.83. The van der Waals surface area contributed by atoms with Gasteiger partial charge in [0.2, 0.25) is 5.91 Å². The van der Waals surface area contributed by atoms with Crippen LogP contribution in [0.5, 0.6) is 0 Å². The number of guanidine groups is 1. The highest BCUT2D eigenvalue weighted by atomic mass is 16.2. The fourth-order valence-corrected chi connectivity index (χ4v) is 5.83. The Bertz CT molecular complexity index is 1100. The van der Waals surface area contributed by atoms with Crippen molar-refractivity contribution in [2.45, 2.75) is 64.3 Å². The fraction of sp³-hybridized carbons (Fsp3) is 0.500. The molecule has 2 aliphatic heterocycles. The van der Waals surface area contributed by atoms with Gasteiger partial charge in [0.05, 0.1) is 0 Å². The molecule has 4 rings (SSSR count). The number of likely N-dealkylation sites (tertiary alicyclic amines) is 1. The predicted octanol–water partition coefficient (Wildman–Crippen LogP) is 3.20. The summed E-state index contributed by atoms with van der Waals surface area (Å²) in [5.74, 6) is 1.02. The molecule has 2 saturated heterocycles. The number of piperidine rings is 1. The van der Waals surface area contributed by atoms with Gasteiger partial charge in [0, 0.05) is 26.1 Å². The van der Waals surface area contributed by atoms with E-state index >= 15 is 0 Å². The Kier molecular flexibility index (Phi) is 8.73. The van der Waals surface area contributed by atoms with Gasteiger partial charge in [0.15, 0.2) is 5.96 Å². The van der Waals surface area contributed by atoms with Gasteiger partial charge in [-0.1, -0.05) is 86.7 Å². The van der Waals surface area contributed by atoms with Gasteiger partial charge in [-0.3, -0.25) is 19.9 Å². The van der Waals surface area contributed by atoms with Crippen molar-refractivity contribution >= 4 is 31.1 Å². The molecule has 0 spiro atoms. The summed E-state index contributed by atoms with van der Waals surface area (Å²) in [4.78, 5) is 30.4. The molecule has 2 fully saturated rings. The van der Waals surface area contributed by atoms with E-state index in [4.69, 9.17) is 5.41 Å². The van der Waals surface area contributed by atoms with E-state index in [1.165, 1.54) is 5.56 Å². The maximum absolute atomic E-state index is 13.8. The second-order valence-corrected chi connectivity index (χ2v) is 11.1. The number of hydrogen-bond acceptors (Lipinski definition) is 3. The molecule has 0 aliphatic carbocycles. The van der Waals surface area contributed by atoms with Crippen LogP contribution in [-0.2, 0) is 21.5 Å². The van der Waals surface area contributed by atoms with Crippen LogP contribution in [0.1, 0.15) is 63.5 Å². The van der Waals surface area contributed by atoms with E-state index in [1.807, 2.05) is 49.1 Å². The molecular formula is C30H41BN4O2. The topological polar surface area (TPSA) is 76.5 Å². The van der Waals surface area contributed by atoms with Crippen LogP contribution in [-0.4, -0.2) is 55.1 Å². The summed E-state index contributed by atoms with van der Waals surface area (Å²) >= 11 is 0. The maximum atomic E-state index is 13.8. The lowest BCUT2D eigenvalue weighted by Gasteiger charge is -2.34. The van der Waals surface area contributed by atoms with Crippen LogP contribution in [0.4, 0.5) is 0 Å². The molecule has 0 saturated carbocycles. The SMILES string of the molecule is Bc1cccc(C2(CCCC)NC(=N)N(CC3CCN(C(=O)C[C@@H](C)Cc4ccccc4)CC3)C2=O)c1. The summed E-state index contributed by atoms with van der Waals surface area (Å²) in [7, 11) is 2.04. The van der Waals surface area contributed by atoms with Crippen LogP contribution in [0.15, 0.2) is 54.6 Å². The van der Waals surface area contributed by atoms with Crippen LogP contribution in [0, 0.1) is 17.2 Å². The monoisotopic (exact) mass is 500 g/mol. The summed E-state index contributed by atoms with van der Waals surface area (Å²) in [6.07, 6.45) is 5.79. The molecule has 196 valence electrons. The largest absolute Gasteiger partial charge is 0.343 e. The van der Waals surface area contributed by atoms with E-state index in [1.54, 1.807) is 4.90 Å². The number of benzene rings is 2. The van der Waals surface area contributed by atoms with Gasteiger partial charge in [-0.15, -0.1) is 0 Å². The minimum absolute atomic E-state index is 0.00945. The van der Waals surface area contributed by atoms with Crippen molar-refractivity contribution in [3.8, 4) is 0 Å². The van der Waals surface area contributed by atoms with Crippen molar-refractivity contribution in [3.05, 3.63) is 65.7 Å². The molecule has 37 heavy (non-hydrogen) atoms. The predicted molar refractivity (Wildman–Crippen MR) is 152 cm³/mol. The first-order chi connectivity index (χ1) is 17.8. The molecule has 2 heterocycles. The molecule has 6 nitrogen and oxygen atoms in total. The molecule has 2 aromatic carbocycles. The van der Waals surface area contributed by atoms with Crippen LogP contribution in [0.3, 0.4) is 0 Å². The second-order valence-electron chi connectivity index (χ2n) is 11.1. The van der Waals surface area contributed by atoms with Crippen molar-refractivity contribution in [2.75, 3.05) is 19.6 Å². The lowest BCUT2D eigenvalue weighted by molar-refractivity contribution is -0.135. The van der Waals surface area contributed by atoms with E-state index in [0.29, 0.717) is 25.3 Å². The van der Waals surface area contributed by atoms with Crippen molar-refractivity contribution in [2.24, 2.45) is 11.8 Å². The summed E-state index contributed by atoms with van der Waals surface area (Å²) in [6, 6.07) is 18.5. The third-order valence-electron chi connectivity index (χ3n) is 7.99. The molecule has 0 bridgehead atoms. The van der Waals surface area contributed by atoms with Crippen LogP contribution in [0.2, 0.25) is 0 Å². The number of carbonyl (C=O) groups excluding carboxylic acids is 2. The Hall–Kier alpha value is -3.09. The Morgan fingerprint density at radius 1 is 1.16 bits per heavy atom. The number of unbranched alkanes of at least 4 members (excludes halogenated alkanes) is 1. The van der Waals surface area contributed by atoms with E-state index in [2.05, 4.69) is 37.4 Å². The molecule has 0 aromatic heterocycles. The number of nitrogens with one attached hydrogen (secondary N) is 2. The first kappa shape index (κ1) is 27.0. The van der Waals surface area contributed by atoms with Crippen LogP contribution in [0.25, 0.3) is 0 Å². The second kappa shape index (κ2) is 12.0. The van der Waals surface area contributed by atoms with E-state index in [-0.39, 0.29) is 23.7 Å². The van der Waals surface area contributed by atoms with Gasteiger partial charge < -0.3 is 10.2 Å². The maximum Gasteiger partial charge on any atom is 0.259 e. The summed E-state index contributed by atoms with van der Waals surface area (Å²) < 4.78 is 0. The van der Waals surface area contributed by atoms with Crippen molar-refractivity contribution in [3.63, 3.8) is 0 Å². The molecule has 2 N–H and O–H groups in total. The first-order valence-corrected chi connectivity index (χ1v) is 13.9. The minimum Gasteiger partial charge on any atom is -0.343 e. The number of hydrogen-bond donors (Lipinski definition) is 2. The third-order valence-corrected chi connectivity index (χ3v) is 7.99. The lowest BCUT2D eigenvalue weighted by Crippen LogP contribution is -2.45. The lowest BCUT2D eigenvalue weighted by atomic mass is 9.81. The molecule has 0 radical (unpaired) electrons. The highest BCUT2D eigenvalue weighted by molar-refractivity contribution is 6.32. The summed E-state index contributed by atoms with van der Waals surface area (Å²) in [5, 5.41) is 12.0. The number of nitrogens with zero attached hydrogens (tertiary/aromatic N) is 2. The zero-order valence-corrected chi connectivity index (χ0v) is 22.6. The standard InChI is InChI=1S/C30H41BN4O2/c1-3-4-15-30(25-11-8-12-26(31)20-25)28(37)35(29(32)33-30)21-24-13-16-34(17-14-24)27(36)19-22(2)18-23-9-6-5-7-10-23/h5-12,20,22,24H,3-4,13-19,21,31H2,1-2H3,(H2,32,33)/t22-,30?/m0/s1. The van der Waals surface area contributed by atoms with Gasteiger partial charge in [0.1, 0.15) is 13.4 Å². The smallest absolute Gasteiger partial charge is 0.259 e. The van der Waals surface area contributed by atoms with E-state index in [9.17, 15) is 9.59 Å². The van der Waals surface area contributed by atoms with Crippen LogP contribution < -0.4 is 10.8 Å². The Labute approximate surface area is 222 Å². The van der Waals surface area contributed by atoms with Gasteiger partial charge >= 0.3 is 0 Å². The van der Waals surface area contributed by atoms with Gasteiger partial charge in [-0.05, 0) is 48.6 Å².